The van der Waals surface area contributed by atoms with Gasteiger partial charge in [-0.1, -0.05) is 13.8 Å². The van der Waals surface area contributed by atoms with Gasteiger partial charge in [-0.25, -0.2) is 8.42 Å². The molecule has 1 aliphatic carbocycles. The summed E-state index contributed by atoms with van der Waals surface area (Å²) in [7, 11) is -3.22. The molecule has 0 saturated heterocycles. The summed E-state index contributed by atoms with van der Waals surface area (Å²) in [6, 6.07) is 2.00. The summed E-state index contributed by atoms with van der Waals surface area (Å²) in [4.78, 5) is 11.9. The smallest absolute Gasteiger partial charge is 0.326 e. The molecule has 6 heteroatoms. The van der Waals surface area contributed by atoms with E-state index >= 15 is 0 Å². The van der Waals surface area contributed by atoms with Crippen molar-refractivity contribution in [1.82, 2.24) is 0 Å². The maximum absolute atomic E-state index is 11.9. The zero-order valence-electron chi connectivity index (χ0n) is 11.0. The van der Waals surface area contributed by atoms with Crippen LogP contribution in [0.3, 0.4) is 0 Å². The van der Waals surface area contributed by atoms with Crippen molar-refractivity contribution >= 4 is 15.8 Å². The van der Waals surface area contributed by atoms with Gasteiger partial charge in [-0.15, -0.1) is 0 Å². The van der Waals surface area contributed by atoms with Crippen LogP contribution in [0, 0.1) is 22.7 Å². The van der Waals surface area contributed by atoms with Crippen LogP contribution in [0.2, 0.25) is 0 Å². The number of hydrogen-bond acceptors (Lipinski definition) is 5. The Hall–Kier alpha value is -1.09. The number of carbonyl (C=O) groups is 1. The normalized spacial score (nSPS) is 31.9. The first-order chi connectivity index (χ1) is 8.34. The Labute approximate surface area is 108 Å². The Kier molecular flexibility index (Phi) is 4.38. The first kappa shape index (κ1) is 15.0. The molecular weight excluding hydrogens is 254 g/mol. The van der Waals surface area contributed by atoms with Crippen LogP contribution in [0.4, 0.5) is 0 Å². The molecule has 0 N–H and O–H groups in total. The molecule has 0 aliphatic heterocycles. The molecule has 3 atom stereocenters. The van der Waals surface area contributed by atoms with Crippen LogP contribution < -0.4 is 0 Å². The van der Waals surface area contributed by atoms with E-state index in [0.29, 0.717) is 6.42 Å². The van der Waals surface area contributed by atoms with Crippen LogP contribution in [-0.4, -0.2) is 32.0 Å². The third-order valence-electron chi connectivity index (χ3n) is 3.76. The van der Waals surface area contributed by atoms with Gasteiger partial charge in [0, 0.05) is 5.75 Å². The summed E-state index contributed by atoms with van der Waals surface area (Å²) < 4.78 is 28.7. The van der Waals surface area contributed by atoms with E-state index in [1.54, 1.807) is 20.8 Å². The summed E-state index contributed by atoms with van der Waals surface area (Å²) in [6.07, 6.45) is 0.405. The quantitative estimate of drug-likeness (QED) is 0.721. The maximum Gasteiger partial charge on any atom is 0.326 e. The molecule has 0 bridgehead atoms. The molecule has 0 radical (unpaired) electrons. The summed E-state index contributed by atoms with van der Waals surface area (Å²) in [5, 5.41) is 8.68. The largest absolute Gasteiger partial charge is 0.465 e. The van der Waals surface area contributed by atoms with E-state index in [1.165, 1.54) is 0 Å². The van der Waals surface area contributed by atoms with Gasteiger partial charge in [0.05, 0.1) is 17.9 Å². The van der Waals surface area contributed by atoms with Gasteiger partial charge in [0.15, 0.2) is 15.3 Å². The Morgan fingerprint density at radius 1 is 1.50 bits per heavy atom. The second kappa shape index (κ2) is 5.27. The monoisotopic (exact) mass is 273 g/mol. The van der Waals surface area contributed by atoms with Crippen LogP contribution in [0.15, 0.2) is 0 Å². The minimum atomic E-state index is -3.22. The van der Waals surface area contributed by atoms with Gasteiger partial charge in [0.25, 0.3) is 0 Å². The Bertz CT molecular complexity index is 465. The molecule has 102 valence electrons. The average molecular weight is 273 g/mol. The van der Waals surface area contributed by atoms with Crippen molar-refractivity contribution in [2.45, 2.75) is 38.9 Å². The highest BCUT2D eigenvalue weighted by molar-refractivity contribution is 7.92. The molecular formula is C12H19NO4S. The number of esters is 1. The van der Waals surface area contributed by atoms with Gasteiger partial charge in [0.1, 0.15) is 0 Å². The summed E-state index contributed by atoms with van der Waals surface area (Å²) >= 11 is 0. The lowest BCUT2D eigenvalue weighted by Gasteiger charge is -2.22. The van der Waals surface area contributed by atoms with E-state index in [2.05, 4.69) is 0 Å². The third kappa shape index (κ3) is 2.37. The highest BCUT2D eigenvalue weighted by atomic mass is 32.2. The van der Waals surface area contributed by atoms with Crippen LogP contribution in [-0.2, 0) is 19.4 Å². The summed E-state index contributed by atoms with van der Waals surface area (Å²) in [5.41, 5.74) is -1.30. The first-order valence-corrected chi connectivity index (χ1v) is 7.85. The predicted octanol–water partition coefficient (Wildman–Crippen LogP) is 1.29. The summed E-state index contributed by atoms with van der Waals surface area (Å²) in [5.74, 6) is -0.851. The molecule has 0 aromatic rings. The fourth-order valence-corrected chi connectivity index (χ4v) is 4.06. The molecule has 0 heterocycles. The summed E-state index contributed by atoms with van der Waals surface area (Å²) in [6.45, 7) is 5.19. The van der Waals surface area contributed by atoms with Gasteiger partial charge in [0.2, 0.25) is 0 Å². The number of rotatable bonds is 4. The molecule has 5 nitrogen and oxygen atoms in total. The van der Waals surface area contributed by atoms with Gasteiger partial charge < -0.3 is 4.74 Å². The molecule has 0 aromatic heterocycles. The Balaban J connectivity index is 3.05. The van der Waals surface area contributed by atoms with Crippen molar-refractivity contribution in [2.24, 2.45) is 11.3 Å². The van der Waals surface area contributed by atoms with Crippen molar-refractivity contribution < 1.29 is 17.9 Å². The molecule has 0 amide bonds. The topological polar surface area (TPSA) is 84.2 Å². The molecule has 18 heavy (non-hydrogen) atoms. The van der Waals surface area contributed by atoms with E-state index in [9.17, 15) is 18.5 Å². The van der Waals surface area contributed by atoms with E-state index in [0.717, 1.165) is 0 Å². The van der Waals surface area contributed by atoms with Crippen molar-refractivity contribution in [3.05, 3.63) is 0 Å². The standard InChI is InChI=1S/C12H19NO4S/c1-4-17-11(14)12(8-13)7-10(6-9(12)3)18(15,16)5-2/h9-10H,4-7H2,1-3H3. The molecule has 0 spiro atoms. The van der Waals surface area contributed by atoms with Gasteiger partial charge >= 0.3 is 5.97 Å². The zero-order chi connectivity index (χ0) is 14.0. The van der Waals surface area contributed by atoms with Crippen molar-refractivity contribution in [1.29, 1.82) is 5.26 Å². The highest BCUT2D eigenvalue weighted by Crippen LogP contribution is 2.46. The number of nitriles is 1. The minimum Gasteiger partial charge on any atom is -0.465 e. The van der Waals surface area contributed by atoms with E-state index in [1.807, 2.05) is 6.07 Å². The first-order valence-electron chi connectivity index (χ1n) is 6.14. The lowest BCUT2D eigenvalue weighted by molar-refractivity contribution is -0.153. The molecule has 1 rings (SSSR count). The lowest BCUT2D eigenvalue weighted by atomic mass is 9.80. The van der Waals surface area contributed by atoms with Crippen LogP contribution in [0.25, 0.3) is 0 Å². The van der Waals surface area contributed by atoms with E-state index < -0.39 is 26.5 Å². The van der Waals surface area contributed by atoms with Crippen molar-refractivity contribution in [3.8, 4) is 6.07 Å². The van der Waals surface area contributed by atoms with Crippen molar-refractivity contribution in [3.63, 3.8) is 0 Å². The van der Waals surface area contributed by atoms with Crippen molar-refractivity contribution in [2.75, 3.05) is 12.4 Å². The lowest BCUT2D eigenvalue weighted by Crippen LogP contribution is -2.34. The highest BCUT2D eigenvalue weighted by Gasteiger charge is 2.55. The number of ether oxygens (including phenoxy) is 1. The second-order valence-electron chi connectivity index (χ2n) is 4.72. The number of sulfone groups is 1. The van der Waals surface area contributed by atoms with E-state index in [-0.39, 0.29) is 24.7 Å². The van der Waals surface area contributed by atoms with Crippen LogP contribution in [0.1, 0.15) is 33.6 Å². The molecule has 3 unspecified atom stereocenters. The number of hydrogen-bond donors (Lipinski definition) is 0. The van der Waals surface area contributed by atoms with Gasteiger partial charge in [-0.2, -0.15) is 5.26 Å². The molecule has 1 aliphatic rings. The molecule has 0 aromatic carbocycles. The fourth-order valence-electron chi connectivity index (χ4n) is 2.49. The minimum absolute atomic E-state index is 0.0364. The van der Waals surface area contributed by atoms with Gasteiger partial charge in [-0.05, 0) is 25.7 Å². The zero-order valence-corrected chi connectivity index (χ0v) is 11.8. The Morgan fingerprint density at radius 2 is 2.11 bits per heavy atom. The average Bonchev–Trinajstić information content (AvgIpc) is 2.68. The molecule has 1 saturated carbocycles. The fraction of sp³-hybridized carbons (Fsp3) is 0.833. The number of carbonyl (C=O) groups excluding carboxylic acids is 1. The van der Waals surface area contributed by atoms with Crippen LogP contribution in [0.5, 0.6) is 0 Å². The Morgan fingerprint density at radius 3 is 2.56 bits per heavy atom. The third-order valence-corrected chi connectivity index (χ3v) is 5.94. The van der Waals surface area contributed by atoms with E-state index in [4.69, 9.17) is 4.74 Å². The predicted molar refractivity (Wildman–Crippen MR) is 66.3 cm³/mol. The van der Waals surface area contributed by atoms with Gasteiger partial charge in [-0.3, -0.25) is 4.79 Å². The SMILES string of the molecule is CCOC(=O)C1(C#N)CC(S(=O)(=O)CC)CC1C. The second-order valence-corrected chi connectivity index (χ2v) is 7.29. The maximum atomic E-state index is 11.9. The molecule has 1 fully saturated rings. The number of nitrogens with zero attached hydrogens (tertiary/aromatic N) is 1. The van der Waals surface area contributed by atoms with Crippen LogP contribution >= 0.6 is 0 Å².